The highest BCUT2D eigenvalue weighted by molar-refractivity contribution is 7.89. The minimum atomic E-state index is -3.47. The van der Waals surface area contributed by atoms with Gasteiger partial charge in [0.1, 0.15) is 4.90 Å². The van der Waals surface area contributed by atoms with E-state index >= 15 is 0 Å². The van der Waals surface area contributed by atoms with Crippen LogP contribution < -0.4 is 10.0 Å². The number of likely N-dealkylation sites (N-methyl/N-ethyl adjacent to an activating group) is 1. The maximum atomic E-state index is 12.2. The lowest BCUT2D eigenvalue weighted by Gasteiger charge is -2.16. The van der Waals surface area contributed by atoms with Crippen LogP contribution in [0.2, 0.25) is 0 Å². The van der Waals surface area contributed by atoms with Crippen molar-refractivity contribution < 1.29 is 8.42 Å². The molecule has 0 saturated carbocycles. The molecule has 0 atom stereocenters. The number of anilines is 1. The van der Waals surface area contributed by atoms with Gasteiger partial charge in [0.25, 0.3) is 0 Å². The Kier molecular flexibility index (Phi) is 5.78. The minimum Gasteiger partial charge on any atom is -0.383 e. The van der Waals surface area contributed by atoms with Crippen LogP contribution in [0.3, 0.4) is 0 Å². The van der Waals surface area contributed by atoms with Crippen molar-refractivity contribution in [2.24, 2.45) is 0 Å². The molecule has 0 aromatic heterocycles. The number of sulfonamides is 1. The van der Waals surface area contributed by atoms with Crippen molar-refractivity contribution in [1.29, 1.82) is 0 Å². The van der Waals surface area contributed by atoms with Crippen LogP contribution >= 0.6 is 0 Å². The first kappa shape index (κ1) is 15.9. The van der Waals surface area contributed by atoms with Gasteiger partial charge >= 0.3 is 0 Å². The first-order valence-electron chi connectivity index (χ1n) is 6.33. The zero-order chi connectivity index (χ0) is 14.5. The predicted molar refractivity (Wildman–Crippen MR) is 78.9 cm³/mol. The molecular formula is C13H23N3O2S. The van der Waals surface area contributed by atoms with E-state index in [9.17, 15) is 8.42 Å². The monoisotopic (exact) mass is 285 g/mol. The summed E-state index contributed by atoms with van der Waals surface area (Å²) in [6.45, 7) is 5.15. The average Bonchev–Trinajstić information content (AvgIpc) is 2.27. The van der Waals surface area contributed by atoms with Gasteiger partial charge in [-0.1, -0.05) is 12.1 Å². The summed E-state index contributed by atoms with van der Waals surface area (Å²) in [7, 11) is 0.487. The Morgan fingerprint density at radius 1 is 1.21 bits per heavy atom. The van der Waals surface area contributed by atoms with E-state index in [1.54, 1.807) is 32.0 Å². The highest BCUT2D eigenvalue weighted by Gasteiger charge is 2.18. The molecule has 6 heteroatoms. The third-order valence-electron chi connectivity index (χ3n) is 2.44. The molecule has 0 fully saturated rings. The molecule has 0 amide bonds. The van der Waals surface area contributed by atoms with Crippen LogP contribution in [0.5, 0.6) is 0 Å². The molecule has 0 spiro atoms. The molecule has 19 heavy (non-hydrogen) atoms. The summed E-state index contributed by atoms with van der Waals surface area (Å²) in [6.07, 6.45) is 0. The van der Waals surface area contributed by atoms with E-state index in [1.165, 1.54) is 0 Å². The quantitative estimate of drug-likeness (QED) is 0.794. The fourth-order valence-electron chi connectivity index (χ4n) is 1.63. The number of para-hydroxylation sites is 1. The molecule has 0 bridgehead atoms. The van der Waals surface area contributed by atoms with Crippen molar-refractivity contribution in [3.8, 4) is 0 Å². The standard InChI is InChI=1S/C13H23N3O2S/c1-11(2)15-19(17,18)13-8-6-5-7-12(13)14-9-10-16(3)4/h5-8,11,14-15H,9-10H2,1-4H3. The molecule has 0 heterocycles. The van der Waals surface area contributed by atoms with Gasteiger partial charge < -0.3 is 10.2 Å². The summed E-state index contributed by atoms with van der Waals surface area (Å²) < 4.78 is 27.0. The van der Waals surface area contributed by atoms with Crippen molar-refractivity contribution in [3.05, 3.63) is 24.3 Å². The van der Waals surface area contributed by atoms with Crippen LogP contribution in [0, 0.1) is 0 Å². The van der Waals surface area contributed by atoms with Gasteiger partial charge in [0.15, 0.2) is 0 Å². The van der Waals surface area contributed by atoms with Crippen molar-refractivity contribution in [2.75, 3.05) is 32.5 Å². The van der Waals surface area contributed by atoms with Gasteiger partial charge in [-0.25, -0.2) is 13.1 Å². The van der Waals surface area contributed by atoms with Crippen LogP contribution in [0.15, 0.2) is 29.2 Å². The van der Waals surface area contributed by atoms with Gasteiger partial charge in [0.2, 0.25) is 10.0 Å². The van der Waals surface area contributed by atoms with Gasteiger partial charge in [-0.2, -0.15) is 0 Å². The topological polar surface area (TPSA) is 61.4 Å². The number of hydrogen-bond donors (Lipinski definition) is 2. The summed E-state index contributed by atoms with van der Waals surface area (Å²) in [6, 6.07) is 6.82. The molecular weight excluding hydrogens is 262 g/mol. The lowest BCUT2D eigenvalue weighted by atomic mass is 10.3. The Bertz CT molecular complexity index is 498. The number of nitrogens with zero attached hydrogens (tertiary/aromatic N) is 1. The van der Waals surface area contributed by atoms with E-state index in [0.717, 1.165) is 6.54 Å². The molecule has 1 aromatic carbocycles. The molecule has 0 aliphatic heterocycles. The Morgan fingerprint density at radius 3 is 2.42 bits per heavy atom. The average molecular weight is 285 g/mol. The van der Waals surface area contributed by atoms with E-state index < -0.39 is 10.0 Å². The third kappa shape index (κ3) is 5.18. The smallest absolute Gasteiger partial charge is 0.242 e. The van der Waals surface area contributed by atoms with E-state index in [-0.39, 0.29) is 6.04 Å². The second-order valence-electron chi connectivity index (χ2n) is 5.00. The molecule has 108 valence electrons. The van der Waals surface area contributed by atoms with E-state index in [4.69, 9.17) is 0 Å². The predicted octanol–water partition coefficient (Wildman–Crippen LogP) is 1.35. The summed E-state index contributed by atoms with van der Waals surface area (Å²) in [5, 5.41) is 3.16. The molecule has 0 radical (unpaired) electrons. The Morgan fingerprint density at radius 2 is 1.84 bits per heavy atom. The van der Waals surface area contributed by atoms with E-state index in [0.29, 0.717) is 17.1 Å². The van der Waals surface area contributed by atoms with Crippen LogP contribution in [0.4, 0.5) is 5.69 Å². The summed E-state index contributed by atoms with van der Waals surface area (Å²) in [5.74, 6) is 0. The Labute approximate surface area is 116 Å². The lowest BCUT2D eigenvalue weighted by molar-refractivity contribution is 0.425. The molecule has 5 nitrogen and oxygen atoms in total. The van der Waals surface area contributed by atoms with Crippen LogP contribution in [0.25, 0.3) is 0 Å². The molecule has 0 aliphatic rings. The van der Waals surface area contributed by atoms with E-state index in [2.05, 4.69) is 10.0 Å². The fraction of sp³-hybridized carbons (Fsp3) is 0.538. The van der Waals surface area contributed by atoms with Gasteiger partial charge in [0.05, 0.1) is 5.69 Å². The zero-order valence-corrected chi connectivity index (χ0v) is 12.8. The molecule has 2 N–H and O–H groups in total. The van der Waals surface area contributed by atoms with E-state index in [1.807, 2.05) is 25.1 Å². The second kappa shape index (κ2) is 6.88. The van der Waals surface area contributed by atoms with Crippen molar-refractivity contribution in [1.82, 2.24) is 9.62 Å². The number of nitrogens with one attached hydrogen (secondary N) is 2. The van der Waals surface area contributed by atoms with Crippen LogP contribution in [-0.4, -0.2) is 46.5 Å². The Hall–Kier alpha value is -1.11. The van der Waals surface area contributed by atoms with Gasteiger partial charge in [0, 0.05) is 19.1 Å². The van der Waals surface area contributed by atoms with Crippen LogP contribution in [0.1, 0.15) is 13.8 Å². The van der Waals surface area contributed by atoms with Crippen molar-refractivity contribution in [3.63, 3.8) is 0 Å². The van der Waals surface area contributed by atoms with Crippen LogP contribution in [-0.2, 0) is 10.0 Å². The number of hydrogen-bond acceptors (Lipinski definition) is 4. The normalized spacial score (nSPS) is 12.1. The third-order valence-corrected chi connectivity index (χ3v) is 4.16. The fourth-order valence-corrected chi connectivity index (χ4v) is 3.07. The first-order valence-corrected chi connectivity index (χ1v) is 7.81. The SMILES string of the molecule is CC(C)NS(=O)(=O)c1ccccc1NCCN(C)C. The molecule has 1 aromatic rings. The largest absolute Gasteiger partial charge is 0.383 e. The highest BCUT2D eigenvalue weighted by Crippen LogP contribution is 2.20. The first-order chi connectivity index (χ1) is 8.83. The highest BCUT2D eigenvalue weighted by atomic mass is 32.2. The summed E-state index contributed by atoms with van der Waals surface area (Å²) in [4.78, 5) is 2.33. The van der Waals surface area contributed by atoms with Gasteiger partial charge in [-0.05, 0) is 40.1 Å². The number of benzene rings is 1. The molecule has 1 rings (SSSR count). The maximum Gasteiger partial charge on any atom is 0.242 e. The Balaban J connectivity index is 2.89. The zero-order valence-electron chi connectivity index (χ0n) is 12.0. The van der Waals surface area contributed by atoms with Crippen molar-refractivity contribution >= 4 is 15.7 Å². The minimum absolute atomic E-state index is 0.125. The van der Waals surface area contributed by atoms with Gasteiger partial charge in [-0.3, -0.25) is 0 Å². The summed E-state index contributed by atoms with van der Waals surface area (Å²) in [5.41, 5.74) is 0.637. The van der Waals surface area contributed by atoms with Crippen molar-refractivity contribution in [2.45, 2.75) is 24.8 Å². The molecule has 0 unspecified atom stereocenters. The lowest BCUT2D eigenvalue weighted by Crippen LogP contribution is -2.31. The van der Waals surface area contributed by atoms with Gasteiger partial charge in [-0.15, -0.1) is 0 Å². The summed E-state index contributed by atoms with van der Waals surface area (Å²) >= 11 is 0. The molecule has 0 saturated heterocycles. The second-order valence-corrected chi connectivity index (χ2v) is 6.68. The maximum absolute atomic E-state index is 12.2. The number of rotatable bonds is 7. The molecule has 0 aliphatic carbocycles.